The van der Waals surface area contributed by atoms with Crippen LogP contribution in [0.2, 0.25) is 0 Å². The molecule has 0 spiro atoms. The van der Waals surface area contributed by atoms with Crippen LogP contribution in [0.5, 0.6) is 0 Å². The SMILES string of the molecule is Cl.O=C(c1ccn(C2CCCNC2)n1)N1CCCN(CCCc2ccccc2)CC1. The first-order valence-electron chi connectivity index (χ1n) is 11.1. The van der Waals surface area contributed by atoms with Gasteiger partial charge in [-0.25, -0.2) is 0 Å². The van der Waals surface area contributed by atoms with Crippen molar-refractivity contribution in [2.45, 2.75) is 38.1 Å². The van der Waals surface area contributed by atoms with Gasteiger partial charge in [0, 0.05) is 32.4 Å². The van der Waals surface area contributed by atoms with Crippen LogP contribution in [0.25, 0.3) is 0 Å². The number of aromatic nitrogens is 2. The van der Waals surface area contributed by atoms with Crippen LogP contribution in [0, 0.1) is 0 Å². The zero-order valence-electron chi connectivity index (χ0n) is 17.7. The van der Waals surface area contributed by atoms with Gasteiger partial charge in [0.25, 0.3) is 5.91 Å². The summed E-state index contributed by atoms with van der Waals surface area (Å²) in [6.45, 7) is 6.76. The standard InChI is InChI=1S/C23H33N5O.ClH/c29-23(22-11-16-28(25-22)21-10-4-12-24-19-21)27-15-6-14-26(17-18-27)13-5-9-20-7-2-1-3-8-20;/h1-3,7-8,11,16,21,24H,4-6,9-10,12-15,17-19H2;1H. The van der Waals surface area contributed by atoms with Gasteiger partial charge in [-0.3, -0.25) is 9.48 Å². The van der Waals surface area contributed by atoms with Gasteiger partial charge in [0.2, 0.25) is 0 Å². The van der Waals surface area contributed by atoms with Crippen molar-refractivity contribution in [1.82, 2.24) is 24.9 Å². The fourth-order valence-electron chi connectivity index (χ4n) is 4.43. The Morgan fingerprint density at radius 3 is 2.73 bits per heavy atom. The van der Waals surface area contributed by atoms with Gasteiger partial charge >= 0.3 is 0 Å². The molecular formula is C23H34ClN5O. The number of halogens is 1. The normalized spacial score (nSPS) is 20.4. The molecule has 2 aliphatic heterocycles. The Kier molecular flexibility index (Phi) is 8.73. The van der Waals surface area contributed by atoms with Gasteiger partial charge in [-0.1, -0.05) is 30.3 Å². The molecule has 2 fully saturated rings. The second-order valence-electron chi connectivity index (χ2n) is 8.26. The van der Waals surface area contributed by atoms with Crippen molar-refractivity contribution < 1.29 is 4.79 Å². The molecule has 1 aromatic carbocycles. The summed E-state index contributed by atoms with van der Waals surface area (Å²) in [5.41, 5.74) is 2.00. The van der Waals surface area contributed by atoms with Crippen LogP contribution in [0.3, 0.4) is 0 Å². The van der Waals surface area contributed by atoms with Crippen molar-refractivity contribution in [3.05, 3.63) is 53.9 Å². The van der Waals surface area contributed by atoms with Crippen LogP contribution < -0.4 is 5.32 Å². The van der Waals surface area contributed by atoms with E-state index in [9.17, 15) is 4.79 Å². The second-order valence-corrected chi connectivity index (χ2v) is 8.26. The van der Waals surface area contributed by atoms with Crippen LogP contribution in [-0.2, 0) is 6.42 Å². The van der Waals surface area contributed by atoms with Crippen LogP contribution >= 0.6 is 12.4 Å². The molecule has 30 heavy (non-hydrogen) atoms. The molecule has 1 unspecified atom stereocenters. The van der Waals surface area contributed by atoms with E-state index in [1.165, 1.54) is 12.0 Å². The lowest BCUT2D eigenvalue weighted by atomic mass is 10.1. The molecule has 164 valence electrons. The number of carbonyl (C=O) groups excluding carboxylic acids is 1. The molecule has 0 aliphatic carbocycles. The number of hydrogen-bond acceptors (Lipinski definition) is 4. The van der Waals surface area contributed by atoms with E-state index in [0.29, 0.717) is 11.7 Å². The van der Waals surface area contributed by atoms with Gasteiger partial charge in [0.15, 0.2) is 0 Å². The second kappa shape index (κ2) is 11.5. The summed E-state index contributed by atoms with van der Waals surface area (Å²) in [5, 5.41) is 8.03. The molecule has 2 saturated heterocycles. The molecule has 3 heterocycles. The lowest BCUT2D eigenvalue weighted by molar-refractivity contribution is 0.0754. The van der Waals surface area contributed by atoms with Gasteiger partial charge in [0.05, 0.1) is 6.04 Å². The Hall–Kier alpha value is -1.89. The summed E-state index contributed by atoms with van der Waals surface area (Å²) in [5.74, 6) is 0.0821. The molecule has 0 bridgehead atoms. The third-order valence-corrected chi connectivity index (χ3v) is 6.13. The zero-order chi connectivity index (χ0) is 19.9. The monoisotopic (exact) mass is 431 g/mol. The first-order chi connectivity index (χ1) is 14.3. The van der Waals surface area contributed by atoms with Crippen molar-refractivity contribution in [3.8, 4) is 0 Å². The van der Waals surface area contributed by atoms with E-state index in [1.807, 2.05) is 21.8 Å². The van der Waals surface area contributed by atoms with Crippen LogP contribution in [0.15, 0.2) is 42.6 Å². The largest absolute Gasteiger partial charge is 0.336 e. The van der Waals surface area contributed by atoms with E-state index in [-0.39, 0.29) is 18.3 Å². The minimum atomic E-state index is 0. The lowest BCUT2D eigenvalue weighted by Gasteiger charge is -2.23. The maximum atomic E-state index is 13.0. The third-order valence-electron chi connectivity index (χ3n) is 6.13. The number of piperidine rings is 1. The van der Waals surface area contributed by atoms with E-state index in [0.717, 1.165) is 71.5 Å². The number of carbonyl (C=O) groups is 1. The summed E-state index contributed by atoms with van der Waals surface area (Å²) in [4.78, 5) is 17.5. The molecular weight excluding hydrogens is 398 g/mol. The van der Waals surface area contributed by atoms with E-state index >= 15 is 0 Å². The van der Waals surface area contributed by atoms with Crippen molar-refractivity contribution in [1.29, 1.82) is 0 Å². The molecule has 1 amide bonds. The maximum Gasteiger partial charge on any atom is 0.274 e. The zero-order valence-corrected chi connectivity index (χ0v) is 18.5. The Morgan fingerprint density at radius 2 is 1.93 bits per heavy atom. The number of hydrogen-bond donors (Lipinski definition) is 1. The summed E-state index contributed by atoms with van der Waals surface area (Å²) in [6, 6.07) is 12.9. The number of benzene rings is 1. The highest BCUT2D eigenvalue weighted by molar-refractivity contribution is 5.92. The molecule has 6 nitrogen and oxygen atoms in total. The number of nitrogens with one attached hydrogen (secondary N) is 1. The van der Waals surface area contributed by atoms with Crippen LogP contribution in [-0.4, -0.2) is 71.3 Å². The third kappa shape index (κ3) is 6.06. The fourth-order valence-corrected chi connectivity index (χ4v) is 4.43. The van der Waals surface area contributed by atoms with Gasteiger partial charge in [-0.15, -0.1) is 12.4 Å². The summed E-state index contributed by atoms with van der Waals surface area (Å²) >= 11 is 0. The van der Waals surface area contributed by atoms with E-state index in [1.54, 1.807) is 0 Å². The summed E-state index contributed by atoms with van der Waals surface area (Å²) in [6.07, 6.45) is 7.58. The Morgan fingerprint density at radius 1 is 1.07 bits per heavy atom. The minimum absolute atomic E-state index is 0. The smallest absolute Gasteiger partial charge is 0.274 e. The van der Waals surface area contributed by atoms with Crippen LogP contribution in [0.1, 0.15) is 47.8 Å². The Bertz CT molecular complexity index is 775. The summed E-state index contributed by atoms with van der Waals surface area (Å²) < 4.78 is 1.98. The minimum Gasteiger partial charge on any atom is -0.336 e. The van der Waals surface area contributed by atoms with Crippen molar-refractivity contribution in [3.63, 3.8) is 0 Å². The Balaban J connectivity index is 0.00000256. The van der Waals surface area contributed by atoms with E-state index in [4.69, 9.17) is 0 Å². The molecule has 0 saturated carbocycles. The van der Waals surface area contributed by atoms with Crippen molar-refractivity contribution in [2.24, 2.45) is 0 Å². The maximum absolute atomic E-state index is 13.0. The summed E-state index contributed by atoms with van der Waals surface area (Å²) in [7, 11) is 0. The molecule has 4 rings (SSSR count). The average molecular weight is 432 g/mol. The lowest BCUT2D eigenvalue weighted by Crippen LogP contribution is -2.36. The molecule has 7 heteroatoms. The van der Waals surface area contributed by atoms with E-state index < -0.39 is 0 Å². The Labute approximate surface area is 186 Å². The van der Waals surface area contributed by atoms with Gasteiger partial charge in [0.1, 0.15) is 5.69 Å². The fraction of sp³-hybridized carbons (Fsp3) is 0.565. The number of nitrogens with zero attached hydrogens (tertiary/aromatic N) is 4. The van der Waals surface area contributed by atoms with Gasteiger partial charge in [-0.2, -0.15) is 5.10 Å². The molecule has 1 atom stereocenters. The molecule has 1 aromatic heterocycles. The van der Waals surface area contributed by atoms with E-state index in [2.05, 4.69) is 45.6 Å². The van der Waals surface area contributed by atoms with Gasteiger partial charge in [-0.05, 0) is 63.4 Å². The van der Waals surface area contributed by atoms with Gasteiger partial charge < -0.3 is 15.1 Å². The predicted octanol–water partition coefficient (Wildman–Crippen LogP) is 3.01. The predicted molar refractivity (Wildman–Crippen MR) is 122 cm³/mol. The number of amides is 1. The van der Waals surface area contributed by atoms with Crippen LogP contribution in [0.4, 0.5) is 0 Å². The molecule has 2 aliphatic rings. The van der Waals surface area contributed by atoms with Crippen molar-refractivity contribution >= 4 is 18.3 Å². The molecule has 1 N–H and O–H groups in total. The highest BCUT2D eigenvalue weighted by atomic mass is 35.5. The first kappa shape index (κ1) is 22.8. The number of rotatable bonds is 6. The molecule has 0 radical (unpaired) electrons. The molecule has 2 aromatic rings. The average Bonchev–Trinajstić information content (AvgIpc) is 3.15. The number of aryl methyl sites for hydroxylation is 1. The highest BCUT2D eigenvalue weighted by Crippen LogP contribution is 2.17. The highest BCUT2D eigenvalue weighted by Gasteiger charge is 2.23. The first-order valence-corrected chi connectivity index (χ1v) is 11.1. The quantitative estimate of drug-likeness (QED) is 0.763. The van der Waals surface area contributed by atoms with Crippen molar-refractivity contribution in [2.75, 3.05) is 45.8 Å². The topological polar surface area (TPSA) is 53.4 Å².